The van der Waals surface area contributed by atoms with Gasteiger partial charge in [0, 0.05) is 54.3 Å². The predicted molar refractivity (Wildman–Crippen MR) is 125 cm³/mol. The monoisotopic (exact) mass is 475 g/mol. The van der Waals surface area contributed by atoms with Crippen LogP contribution in [0.1, 0.15) is 16.1 Å². The Balaban J connectivity index is 1.22. The minimum Gasteiger partial charge on any atom is -0.335 e. The van der Waals surface area contributed by atoms with Gasteiger partial charge in [-0.2, -0.15) is 5.10 Å². The molecule has 6 nitrogen and oxygen atoms in total. The first kappa shape index (κ1) is 19.9. The highest BCUT2D eigenvalue weighted by atomic mass is 79.9. The number of rotatable bonds is 4. The smallest absolute Gasteiger partial charge is 0.271 e. The van der Waals surface area contributed by atoms with Crippen molar-refractivity contribution in [2.45, 2.75) is 6.54 Å². The summed E-state index contributed by atoms with van der Waals surface area (Å²) in [5.74, 6) is 0.00217. The number of pyridine rings is 1. The van der Waals surface area contributed by atoms with Crippen LogP contribution in [-0.4, -0.2) is 57.1 Å². The Morgan fingerprint density at radius 2 is 1.77 bits per heavy atom. The Morgan fingerprint density at radius 1 is 1.00 bits per heavy atom. The van der Waals surface area contributed by atoms with Gasteiger partial charge in [0.15, 0.2) is 0 Å². The summed E-state index contributed by atoms with van der Waals surface area (Å²) in [5.41, 5.74) is 4.57. The number of fused-ring (bicyclic) bond motifs is 1. The van der Waals surface area contributed by atoms with Crippen molar-refractivity contribution in [2.75, 3.05) is 26.2 Å². The average molecular weight is 476 g/mol. The molecule has 1 N–H and O–H groups in total. The van der Waals surface area contributed by atoms with Crippen molar-refractivity contribution in [3.63, 3.8) is 0 Å². The number of amides is 1. The average Bonchev–Trinajstić information content (AvgIpc) is 3.30. The molecular formula is C24H22BrN5O. The van der Waals surface area contributed by atoms with Gasteiger partial charge in [-0.1, -0.05) is 52.3 Å². The first-order valence-corrected chi connectivity index (χ1v) is 11.1. The lowest BCUT2D eigenvalue weighted by atomic mass is 10.1. The van der Waals surface area contributed by atoms with E-state index < -0.39 is 0 Å². The minimum absolute atomic E-state index is 0.00217. The largest absolute Gasteiger partial charge is 0.335 e. The van der Waals surface area contributed by atoms with Gasteiger partial charge in [0.05, 0.1) is 11.2 Å². The zero-order valence-corrected chi connectivity index (χ0v) is 18.5. The van der Waals surface area contributed by atoms with Crippen LogP contribution >= 0.6 is 15.9 Å². The number of H-pyrrole nitrogens is 1. The Bertz CT molecular complexity index is 1210. The molecule has 0 spiro atoms. The van der Waals surface area contributed by atoms with E-state index in [0.717, 1.165) is 46.3 Å². The lowest BCUT2D eigenvalue weighted by molar-refractivity contribution is 0.0623. The predicted octanol–water partition coefficient (Wildman–Crippen LogP) is 4.35. The number of benzene rings is 2. The van der Waals surface area contributed by atoms with Crippen molar-refractivity contribution < 1.29 is 4.79 Å². The molecule has 0 bridgehead atoms. The summed E-state index contributed by atoms with van der Waals surface area (Å²) in [6, 6.07) is 20.1. The second-order valence-electron chi connectivity index (χ2n) is 7.73. The third-order valence-electron chi connectivity index (χ3n) is 5.72. The molecule has 31 heavy (non-hydrogen) atoms. The van der Waals surface area contributed by atoms with E-state index in [1.165, 1.54) is 5.56 Å². The van der Waals surface area contributed by atoms with Gasteiger partial charge in [-0.15, -0.1) is 0 Å². The molecule has 4 aromatic rings. The fourth-order valence-corrected chi connectivity index (χ4v) is 4.28. The molecule has 0 aliphatic carbocycles. The van der Waals surface area contributed by atoms with E-state index in [1.54, 1.807) is 0 Å². The number of nitrogens with one attached hydrogen (secondary N) is 1. The van der Waals surface area contributed by atoms with Gasteiger partial charge in [-0.05, 0) is 29.8 Å². The molecule has 1 aliphatic rings. The van der Waals surface area contributed by atoms with E-state index in [0.29, 0.717) is 18.8 Å². The van der Waals surface area contributed by atoms with E-state index in [2.05, 4.69) is 60.3 Å². The lowest BCUT2D eigenvalue weighted by Gasteiger charge is -2.34. The summed E-state index contributed by atoms with van der Waals surface area (Å²) in [4.78, 5) is 21.8. The number of carbonyl (C=O) groups is 1. The van der Waals surface area contributed by atoms with Crippen LogP contribution < -0.4 is 0 Å². The highest BCUT2D eigenvalue weighted by molar-refractivity contribution is 9.10. The summed E-state index contributed by atoms with van der Waals surface area (Å²) < 4.78 is 1.01. The van der Waals surface area contributed by atoms with E-state index in [1.807, 2.05) is 47.5 Å². The zero-order chi connectivity index (χ0) is 21.2. The lowest BCUT2D eigenvalue weighted by Crippen LogP contribution is -2.48. The number of nitrogens with zero attached hydrogens (tertiary/aromatic N) is 4. The molecule has 5 rings (SSSR count). The molecule has 2 aromatic carbocycles. The molecule has 3 heterocycles. The summed E-state index contributed by atoms with van der Waals surface area (Å²) >= 11 is 3.44. The summed E-state index contributed by atoms with van der Waals surface area (Å²) in [5, 5.41) is 8.40. The second kappa shape index (κ2) is 8.61. The molecule has 7 heteroatoms. The van der Waals surface area contributed by atoms with Crippen molar-refractivity contribution in [1.29, 1.82) is 0 Å². The molecular weight excluding hydrogens is 454 g/mol. The number of hydrogen-bond donors (Lipinski definition) is 1. The molecule has 0 unspecified atom stereocenters. The van der Waals surface area contributed by atoms with Crippen molar-refractivity contribution in [1.82, 2.24) is 25.0 Å². The maximum absolute atomic E-state index is 13.0. The molecule has 0 radical (unpaired) electrons. The second-order valence-corrected chi connectivity index (χ2v) is 8.65. The molecule has 156 valence electrons. The number of halogens is 1. The SMILES string of the molecule is O=C(c1cc(-c2ccc(Br)cc2)n[nH]1)N1CCN(Cc2cccc3cccnc23)CC1. The number of aromatic nitrogens is 3. The fraction of sp³-hybridized carbons (Fsp3) is 0.208. The Hall–Kier alpha value is -3.03. The molecule has 1 amide bonds. The Labute approximate surface area is 189 Å². The highest BCUT2D eigenvalue weighted by Crippen LogP contribution is 2.22. The Kier molecular flexibility index (Phi) is 5.53. The van der Waals surface area contributed by atoms with Crippen LogP contribution in [0.3, 0.4) is 0 Å². The molecule has 0 saturated carbocycles. The van der Waals surface area contributed by atoms with Crippen LogP contribution in [-0.2, 0) is 6.54 Å². The van der Waals surface area contributed by atoms with Crippen LogP contribution in [0, 0.1) is 0 Å². The number of hydrogen-bond acceptors (Lipinski definition) is 4. The quantitative estimate of drug-likeness (QED) is 0.476. The van der Waals surface area contributed by atoms with Crippen molar-refractivity contribution >= 4 is 32.7 Å². The summed E-state index contributed by atoms with van der Waals surface area (Å²) in [7, 11) is 0. The van der Waals surface area contributed by atoms with E-state index in [9.17, 15) is 4.79 Å². The van der Waals surface area contributed by atoms with Gasteiger partial charge in [-0.25, -0.2) is 0 Å². The molecule has 0 atom stereocenters. The van der Waals surface area contributed by atoms with E-state index >= 15 is 0 Å². The molecule has 2 aromatic heterocycles. The zero-order valence-electron chi connectivity index (χ0n) is 17.0. The van der Waals surface area contributed by atoms with Crippen molar-refractivity contribution in [3.8, 4) is 11.3 Å². The first-order valence-electron chi connectivity index (χ1n) is 10.3. The molecule has 1 aliphatic heterocycles. The van der Waals surface area contributed by atoms with Gasteiger partial charge >= 0.3 is 0 Å². The van der Waals surface area contributed by atoms with Crippen LogP contribution in [0.4, 0.5) is 0 Å². The first-order chi connectivity index (χ1) is 15.2. The fourth-order valence-electron chi connectivity index (χ4n) is 4.02. The van der Waals surface area contributed by atoms with Gasteiger partial charge in [0.1, 0.15) is 5.69 Å². The van der Waals surface area contributed by atoms with Crippen LogP contribution in [0.25, 0.3) is 22.2 Å². The topological polar surface area (TPSA) is 65.1 Å². The van der Waals surface area contributed by atoms with Crippen LogP contribution in [0.5, 0.6) is 0 Å². The van der Waals surface area contributed by atoms with Crippen LogP contribution in [0.15, 0.2) is 71.3 Å². The number of piperazine rings is 1. The van der Waals surface area contributed by atoms with Crippen molar-refractivity contribution in [2.24, 2.45) is 0 Å². The summed E-state index contributed by atoms with van der Waals surface area (Å²) in [6.07, 6.45) is 1.84. The van der Waals surface area contributed by atoms with Crippen molar-refractivity contribution in [3.05, 3.63) is 82.6 Å². The number of aromatic amines is 1. The molecule has 1 saturated heterocycles. The standard InChI is InChI=1S/C24H22BrN5O/c25-20-8-6-17(7-9-20)21-15-22(28-27-21)24(31)30-13-11-29(12-14-30)16-19-4-1-3-18-5-2-10-26-23(18)19/h1-10,15H,11-14,16H2,(H,27,28). The summed E-state index contributed by atoms with van der Waals surface area (Å²) in [6.45, 7) is 3.91. The van der Waals surface area contributed by atoms with E-state index in [4.69, 9.17) is 0 Å². The Morgan fingerprint density at radius 3 is 2.58 bits per heavy atom. The normalized spacial score (nSPS) is 14.8. The molecule has 1 fully saturated rings. The van der Waals surface area contributed by atoms with Gasteiger partial charge < -0.3 is 4.90 Å². The maximum atomic E-state index is 13.0. The number of carbonyl (C=O) groups excluding carboxylic acids is 1. The minimum atomic E-state index is 0.00217. The third kappa shape index (κ3) is 4.24. The van der Waals surface area contributed by atoms with Gasteiger partial charge in [0.25, 0.3) is 5.91 Å². The van der Waals surface area contributed by atoms with E-state index in [-0.39, 0.29) is 5.91 Å². The van der Waals surface area contributed by atoms with Gasteiger partial charge in [-0.3, -0.25) is 19.8 Å². The third-order valence-corrected chi connectivity index (χ3v) is 6.25. The van der Waals surface area contributed by atoms with Gasteiger partial charge in [0.2, 0.25) is 0 Å². The highest BCUT2D eigenvalue weighted by Gasteiger charge is 2.24. The number of para-hydroxylation sites is 1. The van der Waals surface area contributed by atoms with Crippen LogP contribution in [0.2, 0.25) is 0 Å². The maximum Gasteiger partial charge on any atom is 0.271 e.